The van der Waals surface area contributed by atoms with E-state index < -0.39 is 24.6 Å². The summed E-state index contributed by atoms with van der Waals surface area (Å²) >= 11 is 0. The van der Waals surface area contributed by atoms with E-state index in [1.165, 1.54) is 12.4 Å². The molecular weight excluding hydrogens is 287 g/mol. The number of aliphatic hydroxyl groups is 2. The van der Waals surface area contributed by atoms with E-state index in [0.717, 1.165) is 6.08 Å². The van der Waals surface area contributed by atoms with Gasteiger partial charge in [-0.3, -0.25) is 0 Å². The zero-order valence-electron chi connectivity index (χ0n) is 8.95. The molecule has 1 atom stereocenters. The largest absolute Gasteiger partial charge is 2.00 e. The van der Waals surface area contributed by atoms with E-state index in [-0.39, 0.29) is 17.1 Å². The molecule has 8 nitrogen and oxygen atoms in total. The Morgan fingerprint density at radius 1 is 1.50 bits per heavy atom. The minimum atomic E-state index is -1.74. The van der Waals surface area contributed by atoms with Gasteiger partial charge in [0.2, 0.25) is 0 Å². The predicted molar refractivity (Wildman–Crippen MR) is 50.7 cm³/mol. The molecule has 1 aromatic rings. The summed E-state index contributed by atoms with van der Waals surface area (Å²) in [5, 5.41) is 35.1. The molecule has 0 aliphatic rings. The first kappa shape index (κ1) is 18.7. The summed E-state index contributed by atoms with van der Waals surface area (Å²) in [6.07, 6.45) is 3.59. The van der Waals surface area contributed by atoms with Gasteiger partial charge in [-0.1, -0.05) is 0 Å². The first-order valence-electron chi connectivity index (χ1n) is 4.35. The summed E-state index contributed by atoms with van der Waals surface area (Å²) < 4.78 is 0. The SMILES string of the molecule is O=C([O-])C(O)CO.O=C([O-])C=Cc1c[nH]cn1.[Mn+2]. The number of hydrogen-bond donors (Lipinski definition) is 3. The first-order chi connectivity index (χ1) is 7.97. The van der Waals surface area contributed by atoms with Gasteiger partial charge in [-0.15, -0.1) is 0 Å². The number of aromatic nitrogens is 2. The Kier molecular flexibility index (Phi) is 10.9. The van der Waals surface area contributed by atoms with Gasteiger partial charge in [-0.25, -0.2) is 4.98 Å². The molecule has 0 aromatic carbocycles. The number of H-pyrrole nitrogens is 1. The van der Waals surface area contributed by atoms with Crippen LogP contribution in [0.2, 0.25) is 0 Å². The summed E-state index contributed by atoms with van der Waals surface area (Å²) in [5.41, 5.74) is 0.573. The standard InChI is InChI=1S/C6H6N2O2.C3H6O4.Mn/c9-6(10)2-1-5-3-7-4-8-5;4-1-2(5)3(6)7;/h1-4H,(H,7,8)(H,9,10);2,4-5H,1H2,(H,6,7);/q;;+2/p-2. The topological polar surface area (TPSA) is 149 Å². The second-order valence-electron chi connectivity index (χ2n) is 2.66. The zero-order valence-corrected chi connectivity index (χ0v) is 10.1. The van der Waals surface area contributed by atoms with Gasteiger partial charge >= 0.3 is 17.1 Å². The Hall–Kier alpha value is -1.67. The van der Waals surface area contributed by atoms with Gasteiger partial charge in [0.1, 0.15) is 6.10 Å². The van der Waals surface area contributed by atoms with Crippen molar-refractivity contribution in [3.8, 4) is 0 Å². The van der Waals surface area contributed by atoms with Crippen molar-refractivity contribution < 1.29 is 47.1 Å². The Balaban J connectivity index is 0. The summed E-state index contributed by atoms with van der Waals surface area (Å²) in [5.74, 6) is -2.87. The number of aliphatic carboxylic acids is 2. The van der Waals surface area contributed by atoms with Crippen molar-refractivity contribution in [1.82, 2.24) is 9.97 Å². The van der Waals surface area contributed by atoms with Crippen LogP contribution < -0.4 is 10.2 Å². The Morgan fingerprint density at radius 2 is 2.11 bits per heavy atom. The van der Waals surface area contributed by atoms with Crippen molar-refractivity contribution in [2.24, 2.45) is 0 Å². The monoisotopic (exact) mass is 297 g/mol. The number of carboxylic acid groups (broad SMARTS) is 2. The number of rotatable bonds is 4. The molecule has 1 aromatic heterocycles. The van der Waals surface area contributed by atoms with Crippen LogP contribution in [0.1, 0.15) is 5.69 Å². The van der Waals surface area contributed by atoms with Crippen molar-refractivity contribution in [1.29, 1.82) is 0 Å². The maximum absolute atomic E-state index is 9.86. The average molecular weight is 297 g/mol. The van der Waals surface area contributed by atoms with E-state index in [1.807, 2.05) is 0 Å². The van der Waals surface area contributed by atoms with Crippen molar-refractivity contribution in [2.45, 2.75) is 6.10 Å². The Bertz CT molecular complexity index is 378. The van der Waals surface area contributed by atoms with E-state index in [2.05, 4.69) is 9.97 Å². The smallest absolute Gasteiger partial charge is 0.547 e. The number of carboxylic acids is 2. The molecule has 1 unspecified atom stereocenters. The van der Waals surface area contributed by atoms with Crippen LogP contribution in [0.15, 0.2) is 18.6 Å². The van der Waals surface area contributed by atoms with Crippen molar-refractivity contribution in [2.75, 3.05) is 6.61 Å². The maximum Gasteiger partial charge on any atom is 2.00 e. The zero-order chi connectivity index (χ0) is 13.3. The van der Waals surface area contributed by atoms with E-state index in [4.69, 9.17) is 10.2 Å². The fourth-order valence-corrected chi connectivity index (χ4v) is 0.591. The number of carbonyl (C=O) groups excluding carboxylic acids is 2. The van der Waals surface area contributed by atoms with Gasteiger partial charge in [0, 0.05) is 6.20 Å². The Labute approximate surface area is 112 Å². The molecule has 0 spiro atoms. The van der Waals surface area contributed by atoms with Crippen LogP contribution in [0.25, 0.3) is 6.08 Å². The molecule has 0 amide bonds. The number of nitrogens with one attached hydrogen (secondary N) is 1. The van der Waals surface area contributed by atoms with Crippen LogP contribution in [0.3, 0.4) is 0 Å². The second-order valence-corrected chi connectivity index (χ2v) is 2.66. The summed E-state index contributed by atoms with van der Waals surface area (Å²) in [6, 6.07) is 0. The summed E-state index contributed by atoms with van der Waals surface area (Å²) in [4.78, 5) is 25.7. The second kappa shape index (κ2) is 10.5. The summed E-state index contributed by atoms with van der Waals surface area (Å²) in [7, 11) is 0. The normalized spacial score (nSPS) is 11.0. The average Bonchev–Trinajstić information content (AvgIpc) is 2.78. The van der Waals surface area contributed by atoms with Crippen LogP contribution in [0, 0.1) is 0 Å². The molecular formula is C9H10MnN2O6. The van der Waals surface area contributed by atoms with Gasteiger partial charge in [-0.05, 0) is 12.2 Å². The number of aliphatic hydroxyl groups excluding tert-OH is 2. The third-order valence-electron chi connectivity index (χ3n) is 1.35. The third kappa shape index (κ3) is 9.55. The predicted octanol–water partition coefficient (Wildman–Crippen LogP) is -3.74. The first-order valence-corrected chi connectivity index (χ1v) is 4.35. The van der Waals surface area contributed by atoms with E-state index in [9.17, 15) is 19.8 Å². The third-order valence-corrected chi connectivity index (χ3v) is 1.35. The molecule has 3 N–H and O–H groups in total. The van der Waals surface area contributed by atoms with E-state index >= 15 is 0 Å². The summed E-state index contributed by atoms with van der Waals surface area (Å²) in [6.45, 7) is -0.789. The van der Waals surface area contributed by atoms with Gasteiger partial charge in [0.25, 0.3) is 0 Å². The fraction of sp³-hybridized carbons (Fsp3) is 0.222. The van der Waals surface area contributed by atoms with Crippen molar-refractivity contribution in [3.05, 3.63) is 24.3 Å². The number of imidazole rings is 1. The molecule has 0 saturated carbocycles. The maximum atomic E-state index is 9.86. The van der Waals surface area contributed by atoms with E-state index in [1.54, 1.807) is 6.20 Å². The molecule has 18 heavy (non-hydrogen) atoms. The van der Waals surface area contributed by atoms with Crippen LogP contribution in [0.4, 0.5) is 0 Å². The van der Waals surface area contributed by atoms with Crippen molar-refractivity contribution >= 4 is 18.0 Å². The molecule has 0 aliphatic carbocycles. The quantitative estimate of drug-likeness (QED) is 0.382. The molecule has 0 aliphatic heterocycles. The molecule has 1 rings (SSSR count). The van der Waals surface area contributed by atoms with Crippen molar-refractivity contribution in [3.63, 3.8) is 0 Å². The van der Waals surface area contributed by atoms with Crippen LogP contribution in [-0.4, -0.2) is 44.8 Å². The van der Waals surface area contributed by atoms with Crippen LogP contribution in [-0.2, 0) is 26.7 Å². The minimum absolute atomic E-state index is 0. The number of nitrogens with zero attached hydrogens (tertiary/aromatic N) is 1. The molecule has 0 fully saturated rings. The Morgan fingerprint density at radius 3 is 2.39 bits per heavy atom. The van der Waals surface area contributed by atoms with Gasteiger partial charge < -0.3 is 35.0 Å². The van der Waals surface area contributed by atoms with Crippen LogP contribution >= 0.6 is 0 Å². The number of aromatic amines is 1. The molecule has 1 radical (unpaired) electrons. The molecule has 0 saturated heterocycles. The minimum Gasteiger partial charge on any atom is -0.547 e. The van der Waals surface area contributed by atoms with Gasteiger partial charge in [0.15, 0.2) is 0 Å². The number of carbonyl (C=O) groups is 2. The molecule has 0 bridgehead atoms. The molecule has 99 valence electrons. The van der Waals surface area contributed by atoms with Gasteiger partial charge in [-0.2, -0.15) is 0 Å². The molecule has 9 heteroatoms. The molecule has 1 heterocycles. The number of hydrogen-bond acceptors (Lipinski definition) is 7. The fourth-order valence-electron chi connectivity index (χ4n) is 0.591. The van der Waals surface area contributed by atoms with Crippen LogP contribution in [0.5, 0.6) is 0 Å². The van der Waals surface area contributed by atoms with E-state index in [0.29, 0.717) is 5.69 Å². The van der Waals surface area contributed by atoms with Gasteiger partial charge in [0.05, 0.1) is 30.6 Å².